The van der Waals surface area contributed by atoms with Crippen LogP contribution in [0.1, 0.15) is 36.5 Å². The SMILES string of the molecule is N#Cc1ccc2c(C(O)C3CCCCN3)c[nH]c2c1. The Bertz CT molecular complexity index is 620. The van der Waals surface area contributed by atoms with E-state index in [2.05, 4.69) is 16.4 Å². The zero-order valence-corrected chi connectivity index (χ0v) is 10.7. The predicted molar refractivity (Wildman–Crippen MR) is 73.6 cm³/mol. The lowest BCUT2D eigenvalue weighted by Gasteiger charge is -2.27. The van der Waals surface area contributed by atoms with E-state index in [1.165, 1.54) is 6.42 Å². The van der Waals surface area contributed by atoms with Crippen LogP contribution in [0.25, 0.3) is 10.9 Å². The molecule has 2 atom stereocenters. The predicted octanol–water partition coefficient (Wildman–Crippen LogP) is 2.22. The van der Waals surface area contributed by atoms with E-state index in [0.717, 1.165) is 35.9 Å². The van der Waals surface area contributed by atoms with Crippen LogP contribution in [0.5, 0.6) is 0 Å². The molecule has 98 valence electrons. The van der Waals surface area contributed by atoms with Crippen molar-refractivity contribution in [3.63, 3.8) is 0 Å². The van der Waals surface area contributed by atoms with E-state index in [4.69, 9.17) is 5.26 Å². The molecule has 3 N–H and O–H groups in total. The number of aromatic nitrogens is 1. The second kappa shape index (κ2) is 5.04. The highest BCUT2D eigenvalue weighted by molar-refractivity contribution is 5.84. The summed E-state index contributed by atoms with van der Waals surface area (Å²) in [5.41, 5.74) is 2.45. The smallest absolute Gasteiger partial charge is 0.0992 e. The molecule has 0 spiro atoms. The third kappa shape index (κ3) is 2.23. The van der Waals surface area contributed by atoms with Crippen molar-refractivity contribution in [2.75, 3.05) is 6.54 Å². The highest BCUT2D eigenvalue weighted by Gasteiger charge is 2.24. The van der Waals surface area contributed by atoms with Gasteiger partial charge in [-0.2, -0.15) is 5.26 Å². The Morgan fingerprint density at radius 2 is 2.26 bits per heavy atom. The summed E-state index contributed by atoms with van der Waals surface area (Å²) in [6.07, 6.45) is 4.71. The minimum absolute atomic E-state index is 0.128. The van der Waals surface area contributed by atoms with Crippen LogP contribution in [0.3, 0.4) is 0 Å². The third-order valence-electron chi connectivity index (χ3n) is 3.89. The van der Waals surface area contributed by atoms with Crippen LogP contribution in [-0.4, -0.2) is 22.7 Å². The molecule has 3 rings (SSSR count). The largest absolute Gasteiger partial charge is 0.387 e. The van der Waals surface area contributed by atoms with Gasteiger partial charge in [0.25, 0.3) is 0 Å². The first-order chi connectivity index (χ1) is 9.29. The fourth-order valence-corrected chi connectivity index (χ4v) is 2.83. The topological polar surface area (TPSA) is 71.8 Å². The molecule has 0 amide bonds. The fraction of sp³-hybridized carbons (Fsp3) is 0.400. The molecule has 4 nitrogen and oxygen atoms in total. The Labute approximate surface area is 112 Å². The molecule has 0 radical (unpaired) electrons. The minimum atomic E-state index is -0.498. The van der Waals surface area contributed by atoms with Gasteiger partial charge in [-0.25, -0.2) is 0 Å². The van der Waals surface area contributed by atoms with Crippen molar-refractivity contribution in [2.45, 2.75) is 31.4 Å². The van der Waals surface area contributed by atoms with Crippen molar-refractivity contribution in [3.8, 4) is 6.07 Å². The number of aliphatic hydroxyl groups is 1. The maximum Gasteiger partial charge on any atom is 0.0992 e. The van der Waals surface area contributed by atoms with E-state index in [1.807, 2.05) is 18.3 Å². The molecule has 2 aromatic rings. The zero-order chi connectivity index (χ0) is 13.2. The number of nitrogens with one attached hydrogen (secondary N) is 2. The highest BCUT2D eigenvalue weighted by atomic mass is 16.3. The Hall–Kier alpha value is -1.83. The van der Waals surface area contributed by atoms with Crippen LogP contribution in [0.15, 0.2) is 24.4 Å². The number of fused-ring (bicyclic) bond motifs is 1. The standard InChI is InChI=1S/C15H17N3O/c16-8-10-4-5-11-12(9-18-14(11)7-10)15(19)13-3-1-2-6-17-13/h4-5,7,9,13,15,17-19H,1-3,6H2. The second-order valence-corrected chi connectivity index (χ2v) is 5.12. The molecule has 0 bridgehead atoms. The van der Waals surface area contributed by atoms with Crippen molar-refractivity contribution < 1.29 is 5.11 Å². The summed E-state index contributed by atoms with van der Waals surface area (Å²) >= 11 is 0. The van der Waals surface area contributed by atoms with Crippen LogP contribution in [-0.2, 0) is 0 Å². The zero-order valence-electron chi connectivity index (χ0n) is 10.7. The molecule has 19 heavy (non-hydrogen) atoms. The first kappa shape index (κ1) is 12.2. The number of aliphatic hydroxyl groups excluding tert-OH is 1. The molecule has 4 heteroatoms. The lowest BCUT2D eigenvalue weighted by atomic mass is 9.94. The van der Waals surface area contributed by atoms with Crippen molar-refractivity contribution in [2.24, 2.45) is 0 Å². The normalized spacial score (nSPS) is 21.2. The summed E-state index contributed by atoms with van der Waals surface area (Å²) in [7, 11) is 0. The average Bonchev–Trinajstić information content (AvgIpc) is 2.90. The molecule has 0 aliphatic carbocycles. The Morgan fingerprint density at radius 1 is 1.37 bits per heavy atom. The van der Waals surface area contributed by atoms with Gasteiger partial charge in [-0.15, -0.1) is 0 Å². The van der Waals surface area contributed by atoms with Crippen molar-refractivity contribution >= 4 is 10.9 Å². The monoisotopic (exact) mass is 255 g/mol. The van der Waals surface area contributed by atoms with E-state index in [-0.39, 0.29) is 6.04 Å². The number of nitrogens with zero attached hydrogens (tertiary/aromatic N) is 1. The van der Waals surface area contributed by atoms with Gasteiger partial charge in [0.2, 0.25) is 0 Å². The van der Waals surface area contributed by atoms with E-state index in [0.29, 0.717) is 5.56 Å². The van der Waals surface area contributed by atoms with E-state index >= 15 is 0 Å². The summed E-state index contributed by atoms with van der Waals surface area (Å²) in [6.45, 7) is 0.975. The molecule has 1 aliphatic heterocycles. The van der Waals surface area contributed by atoms with Gasteiger partial charge < -0.3 is 15.4 Å². The molecule has 0 saturated carbocycles. The number of benzene rings is 1. The van der Waals surface area contributed by atoms with Crippen LogP contribution in [0.4, 0.5) is 0 Å². The number of nitriles is 1. The summed E-state index contributed by atoms with van der Waals surface area (Å²) in [5.74, 6) is 0. The van der Waals surface area contributed by atoms with Gasteiger partial charge in [-0.1, -0.05) is 12.5 Å². The molecule has 1 aromatic heterocycles. The molecule has 1 saturated heterocycles. The summed E-state index contributed by atoms with van der Waals surface area (Å²) in [6, 6.07) is 7.77. The summed E-state index contributed by atoms with van der Waals surface area (Å²) in [4.78, 5) is 3.14. The maximum absolute atomic E-state index is 10.5. The van der Waals surface area contributed by atoms with Crippen LogP contribution in [0.2, 0.25) is 0 Å². The van der Waals surface area contributed by atoms with Crippen LogP contribution < -0.4 is 5.32 Å². The molecule has 1 aliphatic rings. The van der Waals surface area contributed by atoms with Crippen molar-refractivity contribution in [1.29, 1.82) is 5.26 Å². The van der Waals surface area contributed by atoms with Gasteiger partial charge in [0, 0.05) is 28.7 Å². The van der Waals surface area contributed by atoms with Crippen molar-refractivity contribution in [3.05, 3.63) is 35.5 Å². The number of hydrogen-bond acceptors (Lipinski definition) is 3. The van der Waals surface area contributed by atoms with Gasteiger partial charge in [0.1, 0.15) is 0 Å². The molecular weight excluding hydrogens is 238 g/mol. The Balaban J connectivity index is 1.94. The van der Waals surface area contributed by atoms with Crippen LogP contribution in [0, 0.1) is 11.3 Å². The molecule has 1 fully saturated rings. The minimum Gasteiger partial charge on any atom is -0.387 e. The van der Waals surface area contributed by atoms with Gasteiger partial charge in [-0.3, -0.25) is 0 Å². The average molecular weight is 255 g/mol. The van der Waals surface area contributed by atoms with E-state index < -0.39 is 6.10 Å². The number of piperidine rings is 1. The lowest BCUT2D eigenvalue weighted by molar-refractivity contribution is 0.115. The highest BCUT2D eigenvalue weighted by Crippen LogP contribution is 2.29. The van der Waals surface area contributed by atoms with E-state index in [9.17, 15) is 5.11 Å². The number of hydrogen-bond donors (Lipinski definition) is 3. The van der Waals surface area contributed by atoms with Crippen molar-refractivity contribution in [1.82, 2.24) is 10.3 Å². The van der Waals surface area contributed by atoms with Gasteiger partial charge in [0.15, 0.2) is 0 Å². The van der Waals surface area contributed by atoms with Crippen LogP contribution >= 0.6 is 0 Å². The first-order valence-electron chi connectivity index (χ1n) is 6.72. The molecule has 2 heterocycles. The Kier molecular flexibility index (Phi) is 3.24. The Morgan fingerprint density at radius 3 is 3.00 bits per heavy atom. The lowest BCUT2D eigenvalue weighted by Crippen LogP contribution is -2.38. The van der Waals surface area contributed by atoms with Gasteiger partial charge in [0.05, 0.1) is 17.7 Å². The molecular formula is C15H17N3O. The molecule has 1 aromatic carbocycles. The van der Waals surface area contributed by atoms with Gasteiger partial charge in [-0.05, 0) is 31.5 Å². The first-order valence-corrected chi connectivity index (χ1v) is 6.72. The fourth-order valence-electron chi connectivity index (χ4n) is 2.83. The van der Waals surface area contributed by atoms with E-state index in [1.54, 1.807) is 6.07 Å². The number of aromatic amines is 1. The number of H-pyrrole nitrogens is 1. The second-order valence-electron chi connectivity index (χ2n) is 5.12. The quantitative estimate of drug-likeness (QED) is 0.770. The summed E-state index contributed by atoms with van der Waals surface area (Å²) in [5, 5.41) is 23.8. The number of rotatable bonds is 2. The van der Waals surface area contributed by atoms with Gasteiger partial charge >= 0.3 is 0 Å². The maximum atomic E-state index is 10.5. The molecule has 2 unspecified atom stereocenters. The third-order valence-corrected chi connectivity index (χ3v) is 3.89. The summed E-state index contributed by atoms with van der Waals surface area (Å²) < 4.78 is 0.